The number of rotatable bonds is 6. The fourth-order valence-electron chi connectivity index (χ4n) is 4.24. The van der Waals surface area contributed by atoms with Gasteiger partial charge in [0.05, 0.1) is 10.6 Å². The zero-order valence-corrected chi connectivity index (χ0v) is 18.7. The number of likely N-dealkylation sites (tertiary alicyclic amines) is 1. The number of hydrogen-bond donors (Lipinski definition) is 1. The summed E-state index contributed by atoms with van der Waals surface area (Å²) >= 11 is 6.01. The minimum absolute atomic E-state index is 0.0459. The zero-order valence-electron chi connectivity index (χ0n) is 17.9. The first-order valence-electron chi connectivity index (χ1n) is 10.8. The molecule has 2 heterocycles. The molecule has 0 bridgehead atoms. The van der Waals surface area contributed by atoms with Gasteiger partial charge in [-0.15, -0.1) is 4.65 Å². The second kappa shape index (κ2) is 9.67. The van der Waals surface area contributed by atoms with Crippen LogP contribution in [0.2, 0.25) is 5.02 Å². The number of nitrogens with one attached hydrogen (secondary N) is 1. The molecule has 32 heavy (non-hydrogen) atoms. The summed E-state index contributed by atoms with van der Waals surface area (Å²) in [5, 5.41) is 2.77. The minimum atomic E-state index is -0.497. The molecule has 5 nitrogen and oxygen atoms in total. The van der Waals surface area contributed by atoms with E-state index in [1.807, 2.05) is 18.2 Å². The molecule has 0 aliphatic carbocycles. The highest BCUT2D eigenvalue weighted by Crippen LogP contribution is 2.29. The van der Waals surface area contributed by atoms with Crippen LogP contribution in [0.25, 0.3) is 0 Å². The molecule has 3 aromatic rings. The van der Waals surface area contributed by atoms with Crippen molar-refractivity contribution in [2.45, 2.75) is 26.3 Å². The molecular formula is C25H26ClFN3O2+. The van der Waals surface area contributed by atoms with Crippen LogP contribution in [0.5, 0.6) is 5.88 Å². The maximum absolute atomic E-state index is 13.3. The Morgan fingerprint density at radius 3 is 2.75 bits per heavy atom. The third-order valence-corrected chi connectivity index (χ3v) is 5.96. The predicted octanol–water partition coefficient (Wildman–Crippen LogP) is 5.87. The van der Waals surface area contributed by atoms with Crippen molar-refractivity contribution in [2.75, 3.05) is 18.4 Å². The number of quaternary nitrogens is 1. The summed E-state index contributed by atoms with van der Waals surface area (Å²) in [7, 11) is 0. The Morgan fingerprint density at radius 2 is 2.00 bits per heavy atom. The van der Waals surface area contributed by atoms with Gasteiger partial charge in [-0.2, -0.15) is 4.98 Å². The van der Waals surface area contributed by atoms with Crippen molar-refractivity contribution < 1.29 is 18.7 Å². The van der Waals surface area contributed by atoms with Gasteiger partial charge in [0.15, 0.2) is 0 Å². The van der Waals surface area contributed by atoms with E-state index in [2.05, 4.69) is 29.4 Å². The molecule has 0 radical (unpaired) electrons. The Hall–Kier alpha value is -2.96. The van der Waals surface area contributed by atoms with Gasteiger partial charge >= 0.3 is 0 Å². The molecule has 2 atom stereocenters. The summed E-state index contributed by atoms with van der Waals surface area (Å²) in [6, 6.07) is 19.2. The van der Waals surface area contributed by atoms with Gasteiger partial charge in [0, 0.05) is 24.0 Å². The number of halogens is 2. The highest BCUT2D eigenvalue weighted by molar-refractivity contribution is 6.34. The first kappa shape index (κ1) is 22.2. The van der Waals surface area contributed by atoms with E-state index in [0.717, 1.165) is 32.1 Å². The fraction of sp³-hybridized carbons (Fsp3) is 0.280. The molecule has 1 aliphatic rings. The van der Waals surface area contributed by atoms with Crippen molar-refractivity contribution in [3.63, 3.8) is 0 Å². The van der Waals surface area contributed by atoms with Gasteiger partial charge < -0.3 is 5.32 Å². The number of carbonyl (C=O) groups excluding carboxylic acids is 1. The van der Waals surface area contributed by atoms with Crippen molar-refractivity contribution in [1.82, 2.24) is 4.98 Å². The van der Waals surface area contributed by atoms with Crippen LogP contribution in [0.3, 0.4) is 0 Å². The normalized spacial score (nSPS) is 20.5. The molecule has 4 rings (SSSR count). The lowest BCUT2D eigenvalue weighted by atomic mass is 9.99. The Balaban J connectivity index is 1.53. The van der Waals surface area contributed by atoms with E-state index < -0.39 is 11.7 Å². The predicted molar refractivity (Wildman–Crippen MR) is 123 cm³/mol. The molecule has 1 saturated heterocycles. The maximum Gasteiger partial charge on any atom is 0.283 e. The second-order valence-electron chi connectivity index (χ2n) is 8.39. The van der Waals surface area contributed by atoms with Gasteiger partial charge in [0.1, 0.15) is 31.3 Å². The monoisotopic (exact) mass is 454 g/mol. The number of piperidine rings is 1. The standard InChI is InChI=1S/C25H25ClFN3O2/c1-18-7-6-14-30(16-18,17-19-8-3-2-4-9-19)32-24-11-5-10-23(28-24)29-25(31)21-13-12-20(27)15-22(21)26/h2-5,8-13,15,18H,6-7,14,16-17H2,1H3/p+1. The van der Waals surface area contributed by atoms with Crippen LogP contribution >= 0.6 is 11.6 Å². The number of anilines is 1. The molecule has 2 unspecified atom stereocenters. The van der Waals surface area contributed by atoms with Gasteiger partial charge in [-0.3, -0.25) is 9.63 Å². The van der Waals surface area contributed by atoms with Crippen LogP contribution in [0.4, 0.5) is 10.2 Å². The minimum Gasteiger partial charge on any atom is -0.306 e. The largest absolute Gasteiger partial charge is 0.306 e. The number of hydroxylamine groups is 3. The lowest BCUT2D eigenvalue weighted by Crippen LogP contribution is -2.55. The van der Waals surface area contributed by atoms with Crippen LogP contribution in [-0.4, -0.2) is 28.6 Å². The van der Waals surface area contributed by atoms with Crippen LogP contribution in [0.1, 0.15) is 35.7 Å². The highest BCUT2D eigenvalue weighted by Gasteiger charge is 2.37. The van der Waals surface area contributed by atoms with Gasteiger partial charge in [0.25, 0.3) is 11.8 Å². The number of nitrogens with zero attached hydrogens (tertiary/aromatic N) is 2. The average molecular weight is 455 g/mol. The molecule has 166 valence electrons. The van der Waals surface area contributed by atoms with E-state index in [0.29, 0.717) is 22.3 Å². The van der Waals surface area contributed by atoms with Crippen LogP contribution in [0.15, 0.2) is 66.7 Å². The highest BCUT2D eigenvalue weighted by atomic mass is 35.5. The fourth-order valence-corrected chi connectivity index (χ4v) is 4.50. The number of amides is 1. The van der Waals surface area contributed by atoms with E-state index >= 15 is 0 Å². The molecule has 2 aromatic carbocycles. The summed E-state index contributed by atoms with van der Waals surface area (Å²) in [6.45, 7) is 4.77. The molecule has 1 amide bonds. The van der Waals surface area contributed by atoms with Gasteiger partial charge in [0.2, 0.25) is 0 Å². The van der Waals surface area contributed by atoms with E-state index in [-0.39, 0.29) is 10.6 Å². The zero-order chi connectivity index (χ0) is 22.6. The topological polar surface area (TPSA) is 51.2 Å². The van der Waals surface area contributed by atoms with E-state index in [4.69, 9.17) is 16.4 Å². The Kier molecular flexibility index (Phi) is 6.72. The number of aromatic nitrogens is 1. The molecule has 1 aliphatic heterocycles. The Bertz CT molecular complexity index is 1100. The summed E-state index contributed by atoms with van der Waals surface area (Å²) in [6.07, 6.45) is 2.26. The van der Waals surface area contributed by atoms with E-state index in [9.17, 15) is 9.18 Å². The molecule has 0 saturated carbocycles. The van der Waals surface area contributed by atoms with Crippen LogP contribution < -0.4 is 10.2 Å². The Morgan fingerprint density at radius 1 is 1.19 bits per heavy atom. The molecule has 7 heteroatoms. The number of carbonyl (C=O) groups is 1. The molecule has 1 N–H and O–H groups in total. The maximum atomic E-state index is 13.3. The smallest absolute Gasteiger partial charge is 0.283 e. The second-order valence-corrected chi connectivity index (χ2v) is 8.79. The summed E-state index contributed by atoms with van der Waals surface area (Å²) in [5.41, 5.74) is 1.38. The summed E-state index contributed by atoms with van der Waals surface area (Å²) in [4.78, 5) is 23.6. The number of pyridine rings is 1. The van der Waals surface area contributed by atoms with Gasteiger partial charge in [-0.25, -0.2) is 4.39 Å². The quantitative estimate of drug-likeness (QED) is 0.474. The van der Waals surface area contributed by atoms with Crippen molar-refractivity contribution in [3.05, 3.63) is 88.7 Å². The lowest BCUT2D eigenvalue weighted by Gasteiger charge is -2.40. The van der Waals surface area contributed by atoms with E-state index in [1.54, 1.807) is 18.2 Å². The third-order valence-electron chi connectivity index (χ3n) is 5.65. The van der Waals surface area contributed by atoms with Crippen molar-refractivity contribution in [1.29, 1.82) is 0 Å². The van der Waals surface area contributed by atoms with Crippen molar-refractivity contribution in [2.24, 2.45) is 5.92 Å². The first-order chi connectivity index (χ1) is 15.4. The summed E-state index contributed by atoms with van der Waals surface area (Å²) in [5.74, 6) is 0.368. The van der Waals surface area contributed by atoms with Crippen LogP contribution in [-0.2, 0) is 6.54 Å². The molecular weight excluding hydrogens is 429 g/mol. The van der Waals surface area contributed by atoms with Crippen molar-refractivity contribution >= 4 is 23.3 Å². The van der Waals surface area contributed by atoms with Crippen molar-refractivity contribution in [3.8, 4) is 5.88 Å². The summed E-state index contributed by atoms with van der Waals surface area (Å²) < 4.78 is 13.7. The lowest BCUT2D eigenvalue weighted by molar-refractivity contribution is -1.09. The van der Waals surface area contributed by atoms with E-state index in [1.165, 1.54) is 24.1 Å². The van der Waals surface area contributed by atoms with Gasteiger partial charge in [-0.1, -0.05) is 54.9 Å². The Labute approximate surface area is 192 Å². The molecule has 1 fully saturated rings. The average Bonchev–Trinajstić information content (AvgIpc) is 2.74. The number of benzene rings is 2. The van der Waals surface area contributed by atoms with Gasteiger partial charge in [-0.05, 0) is 30.7 Å². The first-order valence-corrected chi connectivity index (χ1v) is 11.1. The number of hydrogen-bond acceptors (Lipinski definition) is 3. The third kappa shape index (κ3) is 5.44. The van der Waals surface area contributed by atoms with Crippen LogP contribution in [0, 0.1) is 11.7 Å². The SMILES string of the molecule is CC1CCC[N+](Cc2ccccc2)(Oc2cccc(NC(=O)c3ccc(F)cc3Cl)n2)C1. The molecule has 1 aromatic heterocycles. The molecule has 0 spiro atoms.